The number of imidazole rings is 1. The van der Waals surface area contributed by atoms with Gasteiger partial charge in [0.05, 0.1) is 6.33 Å². The van der Waals surface area contributed by atoms with Crippen molar-refractivity contribution in [3.05, 3.63) is 47.8 Å². The molecule has 2 rings (SSSR count). The molecule has 2 N–H and O–H groups in total. The van der Waals surface area contributed by atoms with Gasteiger partial charge in [-0.25, -0.2) is 4.98 Å². The Morgan fingerprint density at radius 3 is 3.00 bits per heavy atom. The number of nitrogens with one attached hydrogen (secondary N) is 2. The first kappa shape index (κ1) is 10.8. The van der Waals surface area contributed by atoms with Crippen LogP contribution in [0.5, 0.6) is 0 Å². The zero-order valence-electron chi connectivity index (χ0n) is 9.40. The lowest BCUT2D eigenvalue weighted by Crippen LogP contribution is -2.17. The molecule has 2 heterocycles. The second-order valence-electron chi connectivity index (χ2n) is 3.81. The Hall–Kier alpha value is -1.68. The van der Waals surface area contributed by atoms with E-state index in [0.29, 0.717) is 0 Å². The second kappa shape index (κ2) is 5.42. The monoisotopic (exact) mass is 216 g/mol. The minimum atomic E-state index is 0.837. The molecule has 84 valence electrons. The molecule has 0 unspecified atom stereocenters. The van der Waals surface area contributed by atoms with E-state index in [-0.39, 0.29) is 0 Å². The molecule has 0 radical (unpaired) electrons. The maximum absolute atomic E-state index is 4.08. The van der Waals surface area contributed by atoms with Gasteiger partial charge in [-0.05, 0) is 37.1 Å². The molecule has 2 aromatic rings. The summed E-state index contributed by atoms with van der Waals surface area (Å²) in [5, 5.41) is 3.37. The molecule has 4 nitrogen and oxygen atoms in total. The summed E-state index contributed by atoms with van der Waals surface area (Å²) in [5.41, 5.74) is 3.73. The van der Waals surface area contributed by atoms with Crippen molar-refractivity contribution in [3.63, 3.8) is 0 Å². The van der Waals surface area contributed by atoms with Gasteiger partial charge in [0, 0.05) is 30.8 Å². The molecule has 0 bridgehead atoms. The van der Waals surface area contributed by atoms with Crippen LogP contribution in [0, 0.1) is 6.92 Å². The van der Waals surface area contributed by atoms with Gasteiger partial charge in [-0.15, -0.1) is 0 Å². The number of pyridine rings is 1. The van der Waals surface area contributed by atoms with Gasteiger partial charge in [-0.1, -0.05) is 0 Å². The third-order valence-electron chi connectivity index (χ3n) is 2.58. The minimum Gasteiger partial charge on any atom is -0.347 e. The summed E-state index contributed by atoms with van der Waals surface area (Å²) in [6.07, 6.45) is 8.32. The third-order valence-corrected chi connectivity index (χ3v) is 2.58. The number of rotatable bonds is 5. The fraction of sp³-hybridized carbons (Fsp3) is 0.333. The molecule has 4 heteroatoms. The summed E-state index contributed by atoms with van der Waals surface area (Å²) in [5.74, 6) is 0. The van der Waals surface area contributed by atoms with Crippen LogP contribution in [0.1, 0.15) is 16.8 Å². The molecule has 0 saturated heterocycles. The molecule has 0 aliphatic heterocycles. The van der Waals surface area contributed by atoms with Gasteiger partial charge in [-0.3, -0.25) is 4.98 Å². The molecule has 16 heavy (non-hydrogen) atoms. The normalized spacial score (nSPS) is 10.6. The van der Waals surface area contributed by atoms with Gasteiger partial charge in [0.25, 0.3) is 0 Å². The standard InChI is InChI=1S/C12H16N4/c1-10-6-13-4-2-11(10)3-5-14-7-12-8-15-9-16-12/h2,4,6,8-9,14H,3,5,7H2,1H3,(H,15,16). The average molecular weight is 216 g/mol. The number of aromatic amines is 1. The predicted molar refractivity (Wildman–Crippen MR) is 63.0 cm³/mol. The van der Waals surface area contributed by atoms with Crippen molar-refractivity contribution in [2.24, 2.45) is 0 Å². The highest BCUT2D eigenvalue weighted by atomic mass is 14.9. The van der Waals surface area contributed by atoms with Crippen LogP contribution in [0.15, 0.2) is 31.0 Å². The highest BCUT2D eigenvalue weighted by molar-refractivity contribution is 5.21. The van der Waals surface area contributed by atoms with E-state index in [1.165, 1.54) is 11.1 Å². The quantitative estimate of drug-likeness (QED) is 0.744. The van der Waals surface area contributed by atoms with Gasteiger partial charge in [0.1, 0.15) is 0 Å². The largest absolute Gasteiger partial charge is 0.347 e. The van der Waals surface area contributed by atoms with Crippen LogP contribution in [-0.2, 0) is 13.0 Å². The summed E-state index contributed by atoms with van der Waals surface area (Å²) in [6, 6.07) is 2.08. The summed E-state index contributed by atoms with van der Waals surface area (Å²) in [7, 11) is 0. The Labute approximate surface area is 95.1 Å². The topological polar surface area (TPSA) is 53.6 Å². The van der Waals surface area contributed by atoms with E-state index < -0.39 is 0 Å². The van der Waals surface area contributed by atoms with Crippen molar-refractivity contribution in [1.82, 2.24) is 20.3 Å². The Balaban J connectivity index is 1.74. The number of aromatic nitrogens is 3. The molecular weight excluding hydrogens is 200 g/mol. The summed E-state index contributed by atoms with van der Waals surface area (Å²) >= 11 is 0. The Kier molecular flexibility index (Phi) is 3.66. The van der Waals surface area contributed by atoms with E-state index in [1.807, 2.05) is 18.6 Å². The second-order valence-corrected chi connectivity index (χ2v) is 3.81. The van der Waals surface area contributed by atoms with Gasteiger partial charge in [0.2, 0.25) is 0 Å². The van der Waals surface area contributed by atoms with Gasteiger partial charge in [0.15, 0.2) is 0 Å². The summed E-state index contributed by atoms with van der Waals surface area (Å²) in [4.78, 5) is 11.1. The zero-order chi connectivity index (χ0) is 11.2. The minimum absolute atomic E-state index is 0.837. The highest BCUT2D eigenvalue weighted by Gasteiger charge is 1.97. The van der Waals surface area contributed by atoms with E-state index >= 15 is 0 Å². The van der Waals surface area contributed by atoms with Crippen LogP contribution in [-0.4, -0.2) is 21.5 Å². The van der Waals surface area contributed by atoms with E-state index in [2.05, 4.69) is 33.3 Å². The van der Waals surface area contributed by atoms with Crippen LogP contribution in [0.2, 0.25) is 0 Å². The number of hydrogen-bond acceptors (Lipinski definition) is 3. The summed E-state index contributed by atoms with van der Waals surface area (Å²) < 4.78 is 0. The van der Waals surface area contributed by atoms with Crippen molar-refractivity contribution in [2.75, 3.05) is 6.54 Å². The fourth-order valence-electron chi connectivity index (χ4n) is 1.61. The smallest absolute Gasteiger partial charge is 0.0922 e. The molecule has 0 spiro atoms. The van der Waals surface area contributed by atoms with Gasteiger partial charge in [-0.2, -0.15) is 0 Å². The zero-order valence-corrected chi connectivity index (χ0v) is 9.40. The molecule has 0 amide bonds. The van der Waals surface area contributed by atoms with Crippen LogP contribution in [0.3, 0.4) is 0 Å². The van der Waals surface area contributed by atoms with E-state index in [1.54, 1.807) is 6.33 Å². The van der Waals surface area contributed by atoms with E-state index in [4.69, 9.17) is 0 Å². The fourth-order valence-corrected chi connectivity index (χ4v) is 1.61. The Morgan fingerprint density at radius 2 is 2.25 bits per heavy atom. The molecule has 0 saturated carbocycles. The van der Waals surface area contributed by atoms with Gasteiger partial charge >= 0.3 is 0 Å². The first-order chi connectivity index (χ1) is 7.86. The molecular formula is C12H16N4. The Bertz CT molecular complexity index is 422. The van der Waals surface area contributed by atoms with Crippen LogP contribution in [0.25, 0.3) is 0 Å². The lowest BCUT2D eigenvalue weighted by atomic mass is 10.1. The molecule has 0 atom stereocenters. The van der Waals surface area contributed by atoms with E-state index in [9.17, 15) is 0 Å². The SMILES string of the molecule is Cc1cnccc1CCNCc1cnc[nH]1. The van der Waals surface area contributed by atoms with Crippen LogP contribution in [0.4, 0.5) is 0 Å². The first-order valence-corrected chi connectivity index (χ1v) is 5.44. The number of H-pyrrole nitrogens is 1. The number of aryl methyl sites for hydroxylation is 1. The molecule has 2 aromatic heterocycles. The van der Waals surface area contributed by atoms with Crippen molar-refractivity contribution in [1.29, 1.82) is 0 Å². The molecule has 0 aliphatic rings. The van der Waals surface area contributed by atoms with Crippen molar-refractivity contribution in [3.8, 4) is 0 Å². The lowest BCUT2D eigenvalue weighted by Gasteiger charge is -2.05. The molecule has 0 aliphatic carbocycles. The van der Waals surface area contributed by atoms with Crippen molar-refractivity contribution >= 4 is 0 Å². The average Bonchev–Trinajstić information content (AvgIpc) is 2.79. The lowest BCUT2D eigenvalue weighted by molar-refractivity contribution is 0.675. The highest BCUT2D eigenvalue weighted by Crippen LogP contribution is 2.04. The maximum atomic E-state index is 4.08. The van der Waals surface area contributed by atoms with Crippen molar-refractivity contribution < 1.29 is 0 Å². The van der Waals surface area contributed by atoms with Crippen molar-refractivity contribution in [2.45, 2.75) is 19.9 Å². The first-order valence-electron chi connectivity index (χ1n) is 5.44. The molecule has 0 fully saturated rings. The maximum Gasteiger partial charge on any atom is 0.0922 e. The van der Waals surface area contributed by atoms with E-state index in [0.717, 1.165) is 25.2 Å². The van der Waals surface area contributed by atoms with Gasteiger partial charge < -0.3 is 10.3 Å². The van der Waals surface area contributed by atoms with Crippen LogP contribution < -0.4 is 5.32 Å². The number of nitrogens with zero attached hydrogens (tertiary/aromatic N) is 2. The number of hydrogen-bond donors (Lipinski definition) is 2. The predicted octanol–water partition coefficient (Wildman–Crippen LogP) is 1.45. The Morgan fingerprint density at radius 1 is 1.31 bits per heavy atom. The third kappa shape index (κ3) is 2.90. The summed E-state index contributed by atoms with van der Waals surface area (Å²) in [6.45, 7) is 3.89. The van der Waals surface area contributed by atoms with Crippen LogP contribution >= 0.6 is 0 Å². The molecule has 0 aromatic carbocycles.